The van der Waals surface area contributed by atoms with E-state index in [-0.39, 0.29) is 17.7 Å². The quantitative estimate of drug-likeness (QED) is 0.266. The lowest BCUT2D eigenvalue weighted by atomic mass is 9.96. The molecule has 0 aromatic carbocycles. The van der Waals surface area contributed by atoms with Crippen molar-refractivity contribution in [1.82, 2.24) is 0 Å². The number of nitrogens with zero attached hydrogens (tertiary/aromatic N) is 2. The van der Waals surface area contributed by atoms with E-state index in [1.54, 1.807) is 0 Å². The molecule has 0 atom stereocenters. The Morgan fingerprint density at radius 3 is 2.53 bits per heavy atom. The van der Waals surface area contributed by atoms with Crippen molar-refractivity contribution in [3.8, 4) is 0 Å². The van der Waals surface area contributed by atoms with Crippen LogP contribution in [0.3, 0.4) is 0 Å². The lowest BCUT2D eigenvalue weighted by Crippen LogP contribution is -2.25. The molecule has 2 rings (SSSR count). The summed E-state index contributed by atoms with van der Waals surface area (Å²) in [7, 11) is 0. The molecule has 0 radical (unpaired) electrons. The van der Waals surface area contributed by atoms with Gasteiger partial charge in [-0.05, 0) is 18.9 Å². The van der Waals surface area contributed by atoms with Gasteiger partial charge >= 0.3 is 5.88 Å². The number of furan rings is 1. The summed E-state index contributed by atoms with van der Waals surface area (Å²) in [6.07, 6.45) is 6.36. The van der Waals surface area contributed by atoms with Crippen molar-refractivity contribution in [2.24, 2.45) is 0 Å². The molecule has 1 aliphatic rings. The first-order valence-corrected chi connectivity index (χ1v) is 5.71. The minimum Gasteiger partial charge on any atom is -0.624 e. The van der Waals surface area contributed by atoms with Crippen molar-refractivity contribution in [2.75, 3.05) is 0 Å². The van der Waals surface area contributed by atoms with Crippen LogP contribution in [0.1, 0.15) is 37.9 Å². The maximum absolute atomic E-state index is 11.8. The highest BCUT2D eigenvalue weighted by atomic mass is 16.6. The van der Waals surface area contributed by atoms with Crippen LogP contribution < -0.4 is 0 Å². The third-order valence-electron chi connectivity index (χ3n) is 2.98. The van der Waals surface area contributed by atoms with Crippen molar-refractivity contribution < 1.29 is 14.1 Å². The summed E-state index contributed by atoms with van der Waals surface area (Å²) in [5, 5.41) is 22.2. The van der Waals surface area contributed by atoms with Gasteiger partial charge in [0.1, 0.15) is 4.92 Å². The fraction of sp³-hybridized carbons (Fsp3) is 0.545. The monoisotopic (exact) mass is 238 g/mol. The lowest BCUT2D eigenvalue weighted by Gasteiger charge is -2.20. The molecular weight excluding hydrogens is 224 g/mol. The zero-order valence-electron chi connectivity index (χ0n) is 9.37. The average molecular weight is 238 g/mol. The Labute approximate surface area is 98.3 Å². The van der Waals surface area contributed by atoms with Crippen molar-refractivity contribution in [2.45, 2.75) is 38.1 Å². The maximum Gasteiger partial charge on any atom is 0.433 e. The van der Waals surface area contributed by atoms with E-state index in [2.05, 4.69) is 0 Å². The zero-order chi connectivity index (χ0) is 12.3. The number of hydroxylamine groups is 1. The van der Waals surface area contributed by atoms with E-state index >= 15 is 0 Å². The molecule has 1 aromatic heterocycles. The maximum atomic E-state index is 11.8. The molecule has 6 nitrogen and oxygen atoms in total. The molecule has 0 aliphatic heterocycles. The second-order valence-electron chi connectivity index (χ2n) is 4.21. The van der Waals surface area contributed by atoms with Gasteiger partial charge in [-0.1, -0.05) is 6.42 Å². The molecule has 0 unspecified atom stereocenters. The van der Waals surface area contributed by atoms with E-state index in [1.165, 1.54) is 24.8 Å². The molecule has 0 bridgehead atoms. The van der Waals surface area contributed by atoms with E-state index < -0.39 is 4.92 Å². The molecule has 1 saturated carbocycles. The van der Waals surface area contributed by atoms with Crippen LogP contribution in [-0.2, 0) is 0 Å². The summed E-state index contributed by atoms with van der Waals surface area (Å²) >= 11 is 0. The second kappa shape index (κ2) is 4.99. The molecule has 1 fully saturated rings. The Hall–Kier alpha value is -1.85. The Morgan fingerprint density at radius 2 is 1.94 bits per heavy atom. The molecule has 17 heavy (non-hydrogen) atoms. The average Bonchev–Trinajstić information content (AvgIpc) is 2.79. The Bertz CT molecular complexity index is 432. The van der Waals surface area contributed by atoms with Gasteiger partial charge in [0, 0.05) is 12.8 Å². The third kappa shape index (κ3) is 2.83. The van der Waals surface area contributed by atoms with Crippen LogP contribution in [0, 0.1) is 15.3 Å². The van der Waals surface area contributed by atoms with E-state index in [0.717, 1.165) is 30.4 Å². The first kappa shape index (κ1) is 11.6. The largest absolute Gasteiger partial charge is 0.624 e. The van der Waals surface area contributed by atoms with Gasteiger partial charge in [-0.15, -0.1) is 0 Å². The molecule has 0 saturated heterocycles. The van der Waals surface area contributed by atoms with E-state index in [4.69, 9.17) is 4.42 Å². The molecule has 1 aromatic rings. The molecule has 0 N–H and O–H groups in total. The first-order chi connectivity index (χ1) is 8.16. The number of nitro groups is 1. The molecule has 1 aliphatic carbocycles. The summed E-state index contributed by atoms with van der Waals surface area (Å²) in [6.45, 7) is 0. The number of hydrogen-bond acceptors (Lipinski definition) is 4. The normalized spacial score (nSPS) is 18.2. The third-order valence-corrected chi connectivity index (χ3v) is 2.98. The summed E-state index contributed by atoms with van der Waals surface area (Å²) in [6, 6.07) is 2.67. The molecule has 1 heterocycles. The van der Waals surface area contributed by atoms with Gasteiger partial charge in [0.05, 0.1) is 6.07 Å². The van der Waals surface area contributed by atoms with Gasteiger partial charge in [0.15, 0.2) is 11.8 Å². The molecule has 0 spiro atoms. The first-order valence-electron chi connectivity index (χ1n) is 5.71. The molecule has 6 heteroatoms. The SMILES string of the molecule is O=[N+]([O-])c1ccc(/C=[N+](\[O-])C2CCCCC2)o1. The fourth-order valence-electron chi connectivity index (χ4n) is 2.08. The van der Waals surface area contributed by atoms with Crippen LogP contribution in [-0.4, -0.2) is 21.9 Å². The smallest absolute Gasteiger partial charge is 0.433 e. The number of hydrogen-bond donors (Lipinski definition) is 0. The highest BCUT2D eigenvalue weighted by Gasteiger charge is 2.20. The molecule has 92 valence electrons. The fourth-order valence-corrected chi connectivity index (χ4v) is 2.08. The van der Waals surface area contributed by atoms with Gasteiger partial charge in [-0.3, -0.25) is 10.1 Å². The van der Waals surface area contributed by atoms with Gasteiger partial charge in [-0.2, -0.15) is 0 Å². The summed E-state index contributed by atoms with van der Waals surface area (Å²) in [4.78, 5) is 9.79. The highest BCUT2D eigenvalue weighted by Crippen LogP contribution is 2.20. The number of rotatable bonds is 3. The van der Waals surface area contributed by atoms with Gasteiger partial charge in [0.2, 0.25) is 6.21 Å². The van der Waals surface area contributed by atoms with Crippen molar-refractivity contribution in [3.63, 3.8) is 0 Å². The summed E-state index contributed by atoms with van der Waals surface area (Å²) < 4.78 is 5.77. The highest BCUT2D eigenvalue weighted by molar-refractivity contribution is 5.72. The standard InChI is InChI=1S/C11H14N2O4/c14-12(9-4-2-1-3-5-9)8-10-6-7-11(17-10)13(15)16/h6-9H,1-5H2/b12-8-. The predicted molar refractivity (Wildman–Crippen MR) is 61.0 cm³/mol. The Kier molecular flexibility index (Phi) is 3.41. The van der Waals surface area contributed by atoms with Crippen LogP contribution in [0.15, 0.2) is 16.5 Å². The van der Waals surface area contributed by atoms with Crippen LogP contribution >= 0.6 is 0 Å². The zero-order valence-corrected chi connectivity index (χ0v) is 9.37. The minimum absolute atomic E-state index is 0.0205. The molecule has 0 amide bonds. The molecular formula is C11H14N2O4. The van der Waals surface area contributed by atoms with Crippen LogP contribution in [0.25, 0.3) is 0 Å². The predicted octanol–water partition coefficient (Wildman–Crippen LogP) is 2.45. The Morgan fingerprint density at radius 1 is 1.24 bits per heavy atom. The summed E-state index contributed by atoms with van der Waals surface area (Å²) in [5.41, 5.74) is 0. The van der Waals surface area contributed by atoms with Crippen LogP contribution in [0.5, 0.6) is 0 Å². The van der Waals surface area contributed by atoms with Crippen molar-refractivity contribution in [1.29, 1.82) is 0 Å². The van der Waals surface area contributed by atoms with Crippen molar-refractivity contribution >= 4 is 12.1 Å². The van der Waals surface area contributed by atoms with E-state index in [9.17, 15) is 15.3 Å². The van der Waals surface area contributed by atoms with Gasteiger partial charge in [0.25, 0.3) is 0 Å². The van der Waals surface area contributed by atoms with Crippen molar-refractivity contribution in [3.05, 3.63) is 33.2 Å². The minimum atomic E-state index is -0.618. The van der Waals surface area contributed by atoms with E-state index in [0.29, 0.717) is 0 Å². The van der Waals surface area contributed by atoms with Crippen LogP contribution in [0.2, 0.25) is 0 Å². The topological polar surface area (TPSA) is 82.3 Å². The van der Waals surface area contributed by atoms with Gasteiger partial charge in [-0.25, -0.2) is 4.74 Å². The van der Waals surface area contributed by atoms with Crippen LogP contribution in [0.4, 0.5) is 5.88 Å². The Balaban J connectivity index is 2.08. The second-order valence-corrected chi connectivity index (χ2v) is 4.21. The lowest BCUT2D eigenvalue weighted by molar-refractivity contribution is -0.501. The summed E-state index contributed by atoms with van der Waals surface area (Å²) in [5.74, 6) is -0.106. The van der Waals surface area contributed by atoms with Gasteiger partial charge < -0.3 is 9.62 Å². The van der Waals surface area contributed by atoms with E-state index in [1.807, 2.05) is 0 Å².